The number of rotatable bonds is 5. The average Bonchev–Trinajstić information content (AvgIpc) is 2.48. The lowest BCUT2D eigenvalue weighted by molar-refractivity contribution is 0.0999. The molecule has 0 radical (unpaired) electrons. The minimum atomic E-state index is -0.637. The summed E-state index contributed by atoms with van der Waals surface area (Å²) in [5, 5.41) is 13.0. The van der Waals surface area contributed by atoms with E-state index in [1.54, 1.807) is 6.07 Å². The standard InChI is InChI=1S/C16H23FN2O2/c1-11-4-6-16(10-20,7-5-11)19-9-13-3-2-12(15(18)21)8-14(13)17/h2-3,8,11,19-20H,4-7,9-10H2,1H3,(H2,18,21). The summed E-state index contributed by atoms with van der Waals surface area (Å²) in [5.41, 5.74) is 5.45. The van der Waals surface area contributed by atoms with Crippen molar-refractivity contribution in [2.45, 2.75) is 44.7 Å². The second-order valence-electron chi connectivity index (χ2n) is 6.14. The van der Waals surface area contributed by atoms with Crippen LogP contribution in [0.1, 0.15) is 48.5 Å². The third-order valence-electron chi connectivity index (χ3n) is 4.53. The monoisotopic (exact) mass is 294 g/mol. The van der Waals surface area contributed by atoms with E-state index in [4.69, 9.17) is 5.73 Å². The summed E-state index contributed by atoms with van der Waals surface area (Å²) in [6.45, 7) is 2.60. The Hall–Kier alpha value is -1.46. The lowest BCUT2D eigenvalue weighted by atomic mass is 9.77. The maximum absolute atomic E-state index is 13.9. The van der Waals surface area contributed by atoms with Crippen molar-refractivity contribution in [3.63, 3.8) is 0 Å². The number of amides is 1. The van der Waals surface area contributed by atoms with Crippen molar-refractivity contribution in [1.29, 1.82) is 0 Å². The predicted molar refractivity (Wildman–Crippen MR) is 79.2 cm³/mol. The third kappa shape index (κ3) is 3.80. The SMILES string of the molecule is CC1CCC(CO)(NCc2ccc(C(N)=O)cc2F)CC1. The van der Waals surface area contributed by atoms with Crippen LogP contribution in [0.5, 0.6) is 0 Å². The van der Waals surface area contributed by atoms with E-state index < -0.39 is 11.7 Å². The van der Waals surface area contributed by atoms with E-state index in [1.165, 1.54) is 6.07 Å². The highest BCUT2D eigenvalue weighted by molar-refractivity contribution is 5.92. The maximum Gasteiger partial charge on any atom is 0.248 e. The van der Waals surface area contributed by atoms with Gasteiger partial charge >= 0.3 is 0 Å². The average molecular weight is 294 g/mol. The predicted octanol–water partition coefficient (Wildman–Crippen LogP) is 1.96. The van der Waals surface area contributed by atoms with E-state index >= 15 is 0 Å². The number of nitrogens with two attached hydrogens (primary N) is 1. The number of primary amides is 1. The van der Waals surface area contributed by atoms with Gasteiger partial charge < -0.3 is 16.2 Å². The number of nitrogens with one attached hydrogen (secondary N) is 1. The number of hydrogen-bond acceptors (Lipinski definition) is 3. The van der Waals surface area contributed by atoms with Crippen LogP contribution < -0.4 is 11.1 Å². The quantitative estimate of drug-likeness (QED) is 0.777. The van der Waals surface area contributed by atoms with Gasteiger partial charge in [0, 0.05) is 23.2 Å². The van der Waals surface area contributed by atoms with Crippen LogP contribution in [0.4, 0.5) is 4.39 Å². The van der Waals surface area contributed by atoms with Gasteiger partial charge in [0.15, 0.2) is 0 Å². The zero-order valence-corrected chi connectivity index (χ0v) is 12.4. The summed E-state index contributed by atoms with van der Waals surface area (Å²) in [5.74, 6) is -0.407. The second kappa shape index (κ2) is 6.54. The molecule has 0 spiro atoms. The number of carbonyl (C=O) groups is 1. The molecule has 1 aromatic carbocycles. The van der Waals surface area contributed by atoms with Crippen molar-refractivity contribution in [2.24, 2.45) is 11.7 Å². The van der Waals surface area contributed by atoms with Gasteiger partial charge in [0.05, 0.1) is 6.61 Å². The number of halogens is 1. The Morgan fingerprint density at radius 1 is 1.48 bits per heavy atom. The van der Waals surface area contributed by atoms with Gasteiger partial charge in [-0.3, -0.25) is 4.79 Å². The highest BCUT2D eigenvalue weighted by Crippen LogP contribution is 2.32. The van der Waals surface area contributed by atoms with E-state index in [2.05, 4.69) is 12.2 Å². The summed E-state index contributed by atoms with van der Waals surface area (Å²) in [4.78, 5) is 11.0. The fraction of sp³-hybridized carbons (Fsp3) is 0.562. The smallest absolute Gasteiger partial charge is 0.248 e. The van der Waals surface area contributed by atoms with Crippen LogP contribution in [0.15, 0.2) is 18.2 Å². The third-order valence-corrected chi connectivity index (χ3v) is 4.53. The molecule has 5 heteroatoms. The minimum absolute atomic E-state index is 0.0563. The molecule has 0 bridgehead atoms. The molecule has 0 heterocycles. The first-order chi connectivity index (χ1) is 9.96. The van der Waals surface area contributed by atoms with Gasteiger partial charge in [0.1, 0.15) is 5.82 Å². The molecule has 21 heavy (non-hydrogen) atoms. The molecule has 0 atom stereocenters. The summed E-state index contributed by atoms with van der Waals surface area (Å²) in [6, 6.07) is 4.25. The van der Waals surface area contributed by atoms with Gasteiger partial charge in [0.25, 0.3) is 0 Å². The molecule has 0 unspecified atom stereocenters. The fourth-order valence-electron chi connectivity index (χ4n) is 2.83. The molecular weight excluding hydrogens is 271 g/mol. The molecule has 116 valence electrons. The Morgan fingerprint density at radius 3 is 2.67 bits per heavy atom. The maximum atomic E-state index is 13.9. The van der Waals surface area contributed by atoms with Crippen LogP contribution in [0.3, 0.4) is 0 Å². The Labute approximate surface area is 124 Å². The Bertz CT molecular complexity index is 511. The van der Waals surface area contributed by atoms with Crippen molar-refractivity contribution in [3.05, 3.63) is 35.1 Å². The van der Waals surface area contributed by atoms with Crippen molar-refractivity contribution in [2.75, 3.05) is 6.61 Å². The van der Waals surface area contributed by atoms with Crippen LogP contribution in [0.2, 0.25) is 0 Å². The number of carbonyl (C=O) groups excluding carboxylic acids is 1. The van der Waals surface area contributed by atoms with Crippen LogP contribution in [0, 0.1) is 11.7 Å². The topological polar surface area (TPSA) is 75.3 Å². The van der Waals surface area contributed by atoms with Gasteiger partial charge in [-0.15, -0.1) is 0 Å². The zero-order chi connectivity index (χ0) is 15.5. The zero-order valence-electron chi connectivity index (χ0n) is 12.4. The lowest BCUT2D eigenvalue weighted by Gasteiger charge is -2.39. The van der Waals surface area contributed by atoms with E-state index in [0.717, 1.165) is 31.7 Å². The first-order valence-electron chi connectivity index (χ1n) is 7.40. The summed E-state index contributed by atoms with van der Waals surface area (Å²) < 4.78 is 13.9. The molecule has 0 saturated heterocycles. The number of aliphatic hydroxyl groups excluding tert-OH is 1. The molecule has 2 rings (SSSR count). The number of hydrogen-bond donors (Lipinski definition) is 3. The number of benzene rings is 1. The number of aliphatic hydroxyl groups is 1. The lowest BCUT2D eigenvalue weighted by Crippen LogP contribution is -2.50. The van der Waals surface area contributed by atoms with Gasteiger partial charge in [-0.25, -0.2) is 4.39 Å². The summed E-state index contributed by atoms with van der Waals surface area (Å²) in [6.07, 6.45) is 3.92. The fourth-order valence-corrected chi connectivity index (χ4v) is 2.83. The molecule has 1 amide bonds. The van der Waals surface area contributed by atoms with Crippen molar-refractivity contribution in [3.8, 4) is 0 Å². The minimum Gasteiger partial charge on any atom is -0.394 e. The Kier molecular flexibility index (Phi) is 4.96. The largest absolute Gasteiger partial charge is 0.394 e. The normalized spacial score (nSPS) is 25.8. The molecule has 0 aliphatic heterocycles. The summed E-state index contributed by atoms with van der Waals surface area (Å²) >= 11 is 0. The van der Waals surface area contributed by atoms with Gasteiger partial charge in [-0.1, -0.05) is 13.0 Å². The Morgan fingerprint density at radius 2 is 2.14 bits per heavy atom. The molecule has 1 saturated carbocycles. The molecule has 1 aromatic rings. The molecule has 1 fully saturated rings. The highest BCUT2D eigenvalue weighted by Gasteiger charge is 2.33. The molecule has 4 N–H and O–H groups in total. The van der Waals surface area contributed by atoms with E-state index in [9.17, 15) is 14.3 Å². The summed E-state index contributed by atoms with van der Waals surface area (Å²) in [7, 11) is 0. The molecule has 1 aliphatic carbocycles. The molecule has 1 aliphatic rings. The van der Waals surface area contributed by atoms with Crippen LogP contribution in [0.25, 0.3) is 0 Å². The van der Waals surface area contributed by atoms with Crippen molar-refractivity contribution >= 4 is 5.91 Å². The van der Waals surface area contributed by atoms with Crippen LogP contribution in [-0.2, 0) is 6.54 Å². The van der Waals surface area contributed by atoms with Crippen LogP contribution >= 0.6 is 0 Å². The first kappa shape index (κ1) is 15.9. The van der Waals surface area contributed by atoms with E-state index in [-0.39, 0.29) is 17.7 Å². The van der Waals surface area contributed by atoms with Gasteiger partial charge in [-0.05, 0) is 43.7 Å². The molecule has 4 nitrogen and oxygen atoms in total. The molecular formula is C16H23FN2O2. The van der Waals surface area contributed by atoms with E-state index in [1.807, 2.05) is 0 Å². The van der Waals surface area contributed by atoms with E-state index in [0.29, 0.717) is 18.0 Å². The highest BCUT2D eigenvalue weighted by atomic mass is 19.1. The van der Waals surface area contributed by atoms with Crippen molar-refractivity contribution < 1.29 is 14.3 Å². The van der Waals surface area contributed by atoms with Crippen LogP contribution in [-0.4, -0.2) is 23.2 Å². The van der Waals surface area contributed by atoms with Gasteiger partial charge in [-0.2, -0.15) is 0 Å². The first-order valence-corrected chi connectivity index (χ1v) is 7.40. The Balaban J connectivity index is 2.03. The second-order valence-corrected chi connectivity index (χ2v) is 6.14. The molecule has 0 aromatic heterocycles. The van der Waals surface area contributed by atoms with Gasteiger partial charge in [0.2, 0.25) is 5.91 Å². The van der Waals surface area contributed by atoms with Crippen molar-refractivity contribution in [1.82, 2.24) is 5.32 Å².